The second-order valence-electron chi connectivity index (χ2n) is 2.88. The van der Waals surface area contributed by atoms with E-state index in [1.807, 2.05) is 0 Å². The highest BCUT2D eigenvalue weighted by Crippen LogP contribution is 2.09. The molecule has 0 radical (unpaired) electrons. The molecule has 0 aliphatic carbocycles. The van der Waals surface area contributed by atoms with Gasteiger partial charge in [0.05, 0.1) is 4.90 Å². The van der Waals surface area contributed by atoms with Gasteiger partial charge in [-0.1, -0.05) is 12.1 Å². The van der Waals surface area contributed by atoms with Crippen LogP contribution in [0.4, 0.5) is 0 Å². The van der Waals surface area contributed by atoms with Gasteiger partial charge in [0.15, 0.2) is 0 Å². The zero-order chi connectivity index (χ0) is 11.3. The highest BCUT2D eigenvalue weighted by atomic mass is 32.2. The Morgan fingerprint density at radius 3 is 2.73 bits per heavy atom. The van der Waals surface area contributed by atoms with E-state index in [4.69, 9.17) is 5.73 Å². The summed E-state index contributed by atoms with van der Waals surface area (Å²) in [6.07, 6.45) is 0.599. The summed E-state index contributed by atoms with van der Waals surface area (Å²) in [5, 5.41) is 0. The van der Waals surface area contributed by atoms with Gasteiger partial charge in [-0.25, -0.2) is 13.1 Å². The summed E-state index contributed by atoms with van der Waals surface area (Å²) >= 11 is 0. The molecule has 0 fully saturated rings. The van der Waals surface area contributed by atoms with Crippen molar-refractivity contribution >= 4 is 16.3 Å². The van der Waals surface area contributed by atoms with E-state index in [0.717, 1.165) is 0 Å². The van der Waals surface area contributed by atoms with Crippen LogP contribution < -0.4 is 10.5 Å². The molecule has 5 nitrogen and oxygen atoms in total. The van der Waals surface area contributed by atoms with Gasteiger partial charge in [-0.2, -0.15) is 0 Å². The van der Waals surface area contributed by atoms with Crippen LogP contribution in [0.3, 0.4) is 0 Å². The van der Waals surface area contributed by atoms with Crippen LogP contribution in [0.2, 0.25) is 0 Å². The van der Waals surface area contributed by atoms with Gasteiger partial charge in [0.1, 0.15) is 6.29 Å². The van der Waals surface area contributed by atoms with Crippen LogP contribution in [-0.4, -0.2) is 27.8 Å². The molecular formula is C9H12N2O3S. The summed E-state index contributed by atoms with van der Waals surface area (Å²) in [6, 6.07) is 5.79. The van der Waals surface area contributed by atoms with Crippen LogP contribution in [0.25, 0.3) is 0 Å². The van der Waals surface area contributed by atoms with E-state index in [-0.39, 0.29) is 18.0 Å². The van der Waals surface area contributed by atoms with Crippen molar-refractivity contribution in [3.05, 3.63) is 29.8 Å². The van der Waals surface area contributed by atoms with Crippen LogP contribution in [0.5, 0.6) is 0 Å². The normalized spacial score (nSPS) is 11.3. The van der Waals surface area contributed by atoms with Crippen LogP contribution in [-0.2, 0) is 10.0 Å². The van der Waals surface area contributed by atoms with E-state index in [1.165, 1.54) is 24.3 Å². The largest absolute Gasteiger partial charge is 0.329 e. The molecule has 0 unspecified atom stereocenters. The predicted octanol–water partition coefficient (Wildman–Crippen LogP) is -0.264. The maximum Gasteiger partial charge on any atom is 0.240 e. The third-order valence-corrected chi connectivity index (χ3v) is 3.20. The molecule has 0 atom stereocenters. The molecule has 0 spiro atoms. The fraction of sp³-hybridized carbons (Fsp3) is 0.222. The Balaban J connectivity index is 2.99. The Morgan fingerprint density at radius 2 is 2.13 bits per heavy atom. The lowest BCUT2D eigenvalue weighted by Crippen LogP contribution is -2.29. The van der Waals surface area contributed by atoms with E-state index in [0.29, 0.717) is 11.8 Å². The molecule has 0 heterocycles. The minimum Gasteiger partial charge on any atom is -0.329 e. The summed E-state index contributed by atoms with van der Waals surface area (Å²) in [5.41, 5.74) is 5.51. The Hall–Kier alpha value is -1.24. The molecule has 0 aliphatic heterocycles. The van der Waals surface area contributed by atoms with E-state index in [2.05, 4.69) is 4.72 Å². The molecule has 0 amide bonds. The Bertz CT molecular complexity index is 442. The van der Waals surface area contributed by atoms with Crippen LogP contribution in [0, 0.1) is 0 Å². The fourth-order valence-corrected chi connectivity index (χ4v) is 2.13. The summed E-state index contributed by atoms with van der Waals surface area (Å²) in [4.78, 5) is 10.5. The number of hydrogen-bond acceptors (Lipinski definition) is 4. The van der Waals surface area contributed by atoms with Gasteiger partial charge in [-0.15, -0.1) is 0 Å². The second kappa shape index (κ2) is 5.01. The highest BCUT2D eigenvalue weighted by Gasteiger charge is 2.12. The van der Waals surface area contributed by atoms with Crippen molar-refractivity contribution in [2.24, 2.45) is 5.73 Å². The third kappa shape index (κ3) is 3.12. The first-order valence-corrected chi connectivity index (χ1v) is 5.83. The van der Waals surface area contributed by atoms with Crippen molar-refractivity contribution < 1.29 is 13.2 Å². The summed E-state index contributed by atoms with van der Waals surface area (Å²) in [7, 11) is -3.54. The molecule has 0 bridgehead atoms. The average molecular weight is 228 g/mol. The SMILES string of the molecule is NCCNS(=O)(=O)c1cccc(C=O)c1. The molecule has 0 saturated carbocycles. The van der Waals surface area contributed by atoms with Gasteiger partial charge in [-0.3, -0.25) is 4.79 Å². The van der Waals surface area contributed by atoms with E-state index >= 15 is 0 Å². The van der Waals surface area contributed by atoms with Gasteiger partial charge >= 0.3 is 0 Å². The topological polar surface area (TPSA) is 89.3 Å². The molecule has 3 N–H and O–H groups in total. The minimum atomic E-state index is -3.54. The highest BCUT2D eigenvalue weighted by molar-refractivity contribution is 7.89. The lowest BCUT2D eigenvalue weighted by Gasteiger charge is -2.05. The Kier molecular flexibility index (Phi) is 3.96. The first kappa shape index (κ1) is 11.8. The standard InChI is InChI=1S/C9H12N2O3S/c10-4-5-11-15(13,14)9-3-1-2-8(6-9)7-12/h1-3,6-7,11H,4-5,10H2. The van der Waals surface area contributed by atoms with Gasteiger partial charge < -0.3 is 5.73 Å². The molecular weight excluding hydrogens is 216 g/mol. The lowest BCUT2D eigenvalue weighted by atomic mass is 10.2. The predicted molar refractivity (Wildman–Crippen MR) is 56.1 cm³/mol. The average Bonchev–Trinajstić information content (AvgIpc) is 2.26. The van der Waals surface area contributed by atoms with E-state index in [9.17, 15) is 13.2 Å². The number of hydrogen-bond donors (Lipinski definition) is 2. The summed E-state index contributed by atoms with van der Waals surface area (Å²) < 4.78 is 25.5. The van der Waals surface area contributed by atoms with Crippen molar-refractivity contribution in [2.75, 3.05) is 13.1 Å². The molecule has 15 heavy (non-hydrogen) atoms. The number of carbonyl (C=O) groups is 1. The number of sulfonamides is 1. The molecule has 82 valence electrons. The molecule has 0 aromatic heterocycles. The third-order valence-electron chi connectivity index (χ3n) is 1.74. The second-order valence-corrected chi connectivity index (χ2v) is 4.64. The summed E-state index contributed by atoms with van der Waals surface area (Å²) in [5.74, 6) is 0. The van der Waals surface area contributed by atoms with Gasteiger partial charge in [0.25, 0.3) is 0 Å². The number of nitrogens with one attached hydrogen (secondary N) is 1. The van der Waals surface area contributed by atoms with Gasteiger partial charge in [-0.05, 0) is 12.1 Å². The molecule has 0 saturated heterocycles. The number of carbonyl (C=O) groups excluding carboxylic acids is 1. The van der Waals surface area contributed by atoms with Crippen LogP contribution in [0.15, 0.2) is 29.2 Å². The minimum absolute atomic E-state index is 0.0700. The van der Waals surface area contributed by atoms with E-state index < -0.39 is 10.0 Å². The summed E-state index contributed by atoms with van der Waals surface area (Å²) in [6.45, 7) is 0.403. The first-order chi connectivity index (χ1) is 7.10. The zero-order valence-corrected chi connectivity index (χ0v) is 8.83. The number of aldehydes is 1. The Morgan fingerprint density at radius 1 is 1.40 bits per heavy atom. The van der Waals surface area contributed by atoms with Gasteiger partial charge in [0, 0.05) is 18.7 Å². The Labute approximate surface area is 88.3 Å². The van der Waals surface area contributed by atoms with Crippen molar-refractivity contribution in [3.8, 4) is 0 Å². The molecule has 1 aromatic rings. The molecule has 6 heteroatoms. The molecule has 1 rings (SSSR count). The zero-order valence-electron chi connectivity index (χ0n) is 8.01. The monoisotopic (exact) mass is 228 g/mol. The number of rotatable bonds is 5. The van der Waals surface area contributed by atoms with Crippen molar-refractivity contribution in [1.29, 1.82) is 0 Å². The maximum absolute atomic E-state index is 11.6. The number of benzene rings is 1. The fourth-order valence-electron chi connectivity index (χ4n) is 1.03. The first-order valence-electron chi connectivity index (χ1n) is 4.35. The van der Waals surface area contributed by atoms with Crippen LogP contribution >= 0.6 is 0 Å². The van der Waals surface area contributed by atoms with E-state index in [1.54, 1.807) is 0 Å². The van der Waals surface area contributed by atoms with Crippen molar-refractivity contribution in [2.45, 2.75) is 4.90 Å². The van der Waals surface area contributed by atoms with Crippen LogP contribution in [0.1, 0.15) is 10.4 Å². The maximum atomic E-state index is 11.6. The van der Waals surface area contributed by atoms with Crippen molar-refractivity contribution in [1.82, 2.24) is 4.72 Å². The molecule has 0 aliphatic rings. The van der Waals surface area contributed by atoms with Crippen molar-refractivity contribution in [3.63, 3.8) is 0 Å². The lowest BCUT2D eigenvalue weighted by molar-refractivity contribution is 0.112. The number of nitrogens with two attached hydrogens (primary N) is 1. The molecule has 1 aromatic carbocycles. The van der Waals surface area contributed by atoms with Gasteiger partial charge in [0.2, 0.25) is 10.0 Å². The smallest absolute Gasteiger partial charge is 0.240 e. The quantitative estimate of drug-likeness (QED) is 0.679.